The smallest absolute Gasteiger partial charge is 0.246 e. The Balaban J connectivity index is 1.68. The number of thioether (sulfide) groups is 2. The molecule has 18 heavy (non-hydrogen) atoms. The first-order chi connectivity index (χ1) is 8.79. The number of hydrogen-bond acceptors (Lipinski definition) is 4. The van der Waals surface area contributed by atoms with Crippen molar-refractivity contribution in [1.29, 1.82) is 0 Å². The van der Waals surface area contributed by atoms with Crippen LogP contribution >= 0.6 is 23.5 Å². The van der Waals surface area contributed by atoms with Gasteiger partial charge in [0.1, 0.15) is 4.38 Å². The zero-order valence-corrected chi connectivity index (χ0v) is 12.4. The molecule has 0 aromatic carbocycles. The van der Waals surface area contributed by atoms with Crippen molar-refractivity contribution in [2.75, 3.05) is 31.1 Å². The average Bonchev–Trinajstić information content (AvgIpc) is 2.90. The van der Waals surface area contributed by atoms with E-state index in [1.807, 2.05) is 41.4 Å². The molecule has 1 saturated heterocycles. The van der Waals surface area contributed by atoms with E-state index in [0.29, 0.717) is 0 Å². The molecule has 0 spiro atoms. The van der Waals surface area contributed by atoms with Crippen LogP contribution in [0.4, 0.5) is 0 Å². The van der Waals surface area contributed by atoms with E-state index >= 15 is 0 Å². The molecule has 0 radical (unpaired) electrons. The second kappa shape index (κ2) is 7.24. The van der Waals surface area contributed by atoms with Crippen LogP contribution in [0.15, 0.2) is 17.1 Å². The fourth-order valence-corrected chi connectivity index (χ4v) is 4.38. The number of likely N-dealkylation sites (tertiary alicyclic amines) is 1. The topological polar surface area (TPSA) is 32.7 Å². The van der Waals surface area contributed by atoms with Crippen molar-refractivity contribution in [3.63, 3.8) is 0 Å². The van der Waals surface area contributed by atoms with Gasteiger partial charge in [0, 0.05) is 24.6 Å². The Bertz CT molecular complexity index is 347. The number of hydrogen-bond donors (Lipinski definition) is 0. The van der Waals surface area contributed by atoms with E-state index in [0.717, 1.165) is 49.9 Å². The van der Waals surface area contributed by atoms with E-state index < -0.39 is 0 Å². The number of carbonyl (C=O) groups excluding carboxylic acids is 1. The Kier molecular flexibility index (Phi) is 5.63. The summed E-state index contributed by atoms with van der Waals surface area (Å²) in [6.45, 7) is 4.70. The third-order valence-corrected chi connectivity index (χ3v) is 5.72. The highest BCUT2D eigenvalue weighted by atomic mass is 32.2. The highest BCUT2D eigenvalue weighted by Crippen LogP contribution is 2.27. The summed E-state index contributed by atoms with van der Waals surface area (Å²) >= 11 is 3.79. The van der Waals surface area contributed by atoms with E-state index in [9.17, 15) is 4.79 Å². The molecule has 5 heteroatoms. The largest absolute Gasteiger partial charge is 0.339 e. The van der Waals surface area contributed by atoms with Crippen molar-refractivity contribution in [3.8, 4) is 0 Å². The molecule has 0 aliphatic carbocycles. The molecule has 0 aromatic heterocycles. The standard InChI is InChI=1S/C13H20N2OS2/c1-2-3-12(16)15-7-4-11(5-8-15)10-18-13-14-6-9-17-13/h2-3,11H,4-10H2,1H3/b3-2+. The zero-order valence-electron chi connectivity index (χ0n) is 10.8. The van der Waals surface area contributed by atoms with Crippen molar-refractivity contribution in [2.24, 2.45) is 10.9 Å². The molecule has 0 bridgehead atoms. The fraction of sp³-hybridized carbons (Fsp3) is 0.692. The lowest BCUT2D eigenvalue weighted by molar-refractivity contribution is -0.127. The van der Waals surface area contributed by atoms with Crippen LogP contribution in [0.5, 0.6) is 0 Å². The van der Waals surface area contributed by atoms with Gasteiger partial charge in [-0.3, -0.25) is 9.79 Å². The summed E-state index contributed by atoms with van der Waals surface area (Å²) in [5, 5.41) is 0. The molecule has 3 nitrogen and oxygen atoms in total. The van der Waals surface area contributed by atoms with E-state index in [-0.39, 0.29) is 5.91 Å². The lowest BCUT2D eigenvalue weighted by Gasteiger charge is -2.31. The van der Waals surface area contributed by atoms with Gasteiger partial charge in [0.2, 0.25) is 5.91 Å². The molecular formula is C13H20N2OS2. The van der Waals surface area contributed by atoms with Gasteiger partial charge >= 0.3 is 0 Å². The maximum absolute atomic E-state index is 11.7. The molecule has 2 aliphatic heterocycles. The summed E-state index contributed by atoms with van der Waals surface area (Å²) in [6.07, 6.45) is 5.75. The van der Waals surface area contributed by atoms with E-state index in [4.69, 9.17) is 0 Å². The highest BCUT2D eigenvalue weighted by Gasteiger charge is 2.22. The molecule has 1 amide bonds. The predicted molar refractivity (Wildman–Crippen MR) is 81.3 cm³/mol. The van der Waals surface area contributed by atoms with E-state index in [2.05, 4.69) is 4.99 Å². The SMILES string of the molecule is C/C=C/C(=O)N1CCC(CSC2=NCCS2)CC1. The van der Waals surface area contributed by atoms with Crippen molar-refractivity contribution in [3.05, 3.63) is 12.2 Å². The number of piperidine rings is 1. The Hall–Kier alpha value is -0.420. The number of allylic oxidation sites excluding steroid dienone is 1. The third kappa shape index (κ3) is 4.05. The quantitative estimate of drug-likeness (QED) is 0.747. The number of nitrogens with zero attached hydrogens (tertiary/aromatic N) is 2. The first-order valence-corrected chi connectivity index (χ1v) is 8.48. The Morgan fingerprint density at radius 1 is 1.56 bits per heavy atom. The van der Waals surface area contributed by atoms with E-state index in [1.54, 1.807) is 6.08 Å². The van der Waals surface area contributed by atoms with Gasteiger partial charge in [-0.25, -0.2) is 0 Å². The molecule has 100 valence electrons. The lowest BCUT2D eigenvalue weighted by Crippen LogP contribution is -2.38. The van der Waals surface area contributed by atoms with Crippen LogP contribution in [0.1, 0.15) is 19.8 Å². The summed E-state index contributed by atoms with van der Waals surface area (Å²) in [4.78, 5) is 18.1. The first-order valence-electron chi connectivity index (χ1n) is 6.51. The van der Waals surface area contributed by atoms with Crippen LogP contribution in [0.25, 0.3) is 0 Å². The number of rotatable bonds is 3. The van der Waals surface area contributed by atoms with Gasteiger partial charge in [-0.05, 0) is 31.8 Å². The second-order valence-electron chi connectivity index (χ2n) is 4.58. The minimum atomic E-state index is 0.166. The number of carbonyl (C=O) groups is 1. The molecule has 0 saturated carbocycles. The van der Waals surface area contributed by atoms with E-state index in [1.165, 1.54) is 4.38 Å². The van der Waals surface area contributed by atoms with Gasteiger partial charge in [0.15, 0.2) is 0 Å². The van der Waals surface area contributed by atoms with Gasteiger partial charge in [0.25, 0.3) is 0 Å². The molecule has 2 aliphatic rings. The highest BCUT2D eigenvalue weighted by molar-refractivity contribution is 8.39. The number of amides is 1. The van der Waals surface area contributed by atoms with Crippen LogP contribution < -0.4 is 0 Å². The molecule has 0 N–H and O–H groups in total. The lowest BCUT2D eigenvalue weighted by atomic mass is 9.99. The van der Waals surface area contributed by atoms with Crippen LogP contribution in [-0.2, 0) is 4.79 Å². The van der Waals surface area contributed by atoms with Crippen molar-refractivity contribution in [2.45, 2.75) is 19.8 Å². The average molecular weight is 284 g/mol. The molecule has 2 heterocycles. The molecule has 1 fully saturated rings. The van der Waals surface area contributed by atoms with Gasteiger partial charge in [-0.1, -0.05) is 29.6 Å². The first kappa shape index (κ1) is 14.0. The summed E-state index contributed by atoms with van der Waals surface area (Å²) in [5.41, 5.74) is 0. The van der Waals surface area contributed by atoms with Gasteiger partial charge < -0.3 is 4.90 Å². The summed E-state index contributed by atoms with van der Waals surface area (Å²) in [7, 11) is 0. The zero-order chi connectivity index (χ0) is 12.8. The minimum Gasteiger partial charge on any atom is -0.339 e. The molecule has 2 rings (SSSR count). The maximum Gasteiger partial charge on any atom is 0.246 e. The monoisotopic (exact) mass is 284 g/mol. The molecule has 0 aromatic rings. The second-order valence-corrected chi connectivity index (χ2v) is 6.93. The Morgan fingerprint density at radius 3 is 2.94 bits per heavy atom. The molecular weight excluding hydrogens is 264 g/mol. The Morgan fingerprint density at radius 2 is 2.33 bits per heavy atom. The van der Waals surface area contributed by atoms with Crippen molar-refractivity contribution >= 4 is 33.8 Å². The van der Waals surface area contributed by atoms with Crippen molar-refractivity contribution < 1.29 is 4.79 Å². The minimum absolute atomic E-state index is 0.166. The molecule has 0 unspecified atom stereocenters. The third-order valence-electron chi connectivity index (χ3n) is 3.24. The predicted octanol–water partition coefficient (Wildman–Crippen LogP) is 2.64. The van der Waals surface area contributed by atoms with Crippen LogP contribution in [0.3, 0.4) is 0 Å². The van der Waals surface area contributed by atoms with Crippen LogP contribution in [-0.4, -0.2) is 46.3 Å². The maximum atomic E-state index is 11.7. The Labute approximate surface area is 117 Å². The van der Waals surface area contributed by atoms with Crippen LogP contribution in [0, 0.1) is 5.92 Å². The summed E-state index contributed by atoms with van der Waals surface area (Å²) in [5.74, 6) is 3.23. The number of aliphatic imine (C=N–C) groups is 1. The fourth-order valence-electron chi connectivity index (χ4n) is 2.16. The van der Waals surface area contributed by atoms with Gasteiger partial charge in [-0.2, -0.15) is 0 Å². The molecule has 0 atom stereocenters. The summed E-state index contributed by atoms with van der Waals surface area (Å²) in [6, 6.07) is 0. The normalized spacial score (nSPS) is 21.6. The van der Waals surface area contributed by atoms with Gasteiger partial charge in [-0.15, -0.1) is 0 Å². The van der Waals surface area contributed by atoms with Gasteiger partial charge in [0.05, 0.1) is 6.54 Å². The van der Waals surface area contributed by atoms with Crippen LogP contribution in [0.2, 0.25) is 0 Å². The van der Waals surface area contributed by atoms with Crippen molar-refractivity contribution in [1.82, 2.24) is 4.90 Å². The summed E-state index contributed by atoms with van der Waals surface area (Å²) < 4.78 is 1.27.